The average molecular weight is 375 g/mol. The van der Waals surface area contributed by atoms with E-state index in [-0.39, 0.29) is 5.66 Å². The highest BCUT2D eigenvalue weighted by Crippen LogP contribution is 2.50. The van der Waals surface area contributed by atoms with Gasteiger partial charge in [0.2, 0.25) is 0 Å². The summed E-state index contributed by atoms with van der Waals surface area (Å²) in [6.45, 7) is 6.16. The van der Waals surface area contributed by atoms with E-state index in [2.05, 4.69) is 26.0 Å². The Morgan fingerprint density at radius 3 is 1.78 bits per heavy atom. The van der Waals surface area contributed by atoms with E-state index in [1.807, 2.05) is 79.7 Å². The average Bonchev–Trinajstić information content (AvgIpc) is 2.71. The van der Waals surface area contributed by atoms with Crippen molar-refractivity contribution in [2.45, 2.75) is 32.9 Å². The van der Waals surface area contributed by atoms with Gasteiger partial charge < -0.3 is 4.57 Å². The summed E-state index contributed by atoms with van der Waals surface area (Å²) in [6, 6.07) is 27.9. The highest BCUT2D eigenvalue weighted by Gasteiger charge is 2.37. The summed E-state index contributed by atoms with van der Waals surface area (Å²) in [4.78, 5) is 4.83. The molecule has 0 N–H and O–H groups in total. The van der Waals surface area contributed by atoms with Gasteiger partial charge in [0.15, 0.2) is 7.14 Å². The van der Waals surface area contributed by atoms with Crippen molar-refractivity contribution >= 4 is 29.2 Å². The molecule has 0 spiro atoms. The fraction of sp³-hybridized carbons (Fsp3) is 0.208. The van der Waals surface area contributed by atoms with Gasteiger partial charge in [0.25, 0.3) is 0 Å². The van der Waals surface area contributed by atoms with Crippen LogP contribution < -0.4 is 10.6 Å². The zero-order valence-electron chi connectivity index (χ0n) is 16.2. The van der Waals surface area contributed by atoms with Gasteiger partial charge in [-0.25, -0.2) is 0 Å². The fourth-order valence-electron chi connectivity index (χ4n) is 3.52. The van der Waals surface area contributed by atoms with Gasteiger partial charge in [0.1, 0.15) is 0 Å². The van der Waals surface area contributed by atoms with Gasteiger partial charge in [-0.2, -0.15) is 0 Å². The molecule has 3 heteroatoms. The molecule has 0 saturated heterocycles. The Balaban J connectivity index is 2.12. The number of benzene rings is 3. The maximum Gasteiger partial charge on any atom is 0.151 e. The van der Waals surface area contributed by atoms with Crippen molar-refractivity contribution in [1.29, 1.82) is 0 Å². The first-order chi connectivity index (χ1) is 13.1. The van der Waals surface area contributed by atoms with Crippen molar-refractivity contribution in [2.75, 3.05) is 0 Å². The first kappa shape index (κ1) is 19.3. The second-order valence-corrected chi connectivity index (χ2v) is 9.81. The maximum atomic E-state index is 14.6. The van der Waals surface area contributed by atoms with Gasteiger partial charge in [0.05, 0.1) is 11.3 Å². The summed E-state index contributed by atoms with van der Waals surface area (Å²) >= 11 is 0. The van der Waals surface area contributed by atoms with Crippen LogP contribution in [0.3, 0.4) is 0 Å². The maximum absolute atomic E-state index is 14.6. The Morgan fingerprint density at radius 1 is 0.852 bits per heavy atom. The Morgan fingerprint density at radius 2 is 1.33 bits per heavy atom. The summed E-state index contributed by atoms with van der Waals surface area (Å²) in [6.07, 6.45) is 0.766. The molecule has 3 aromatic rings. The minimum atomic E-state index is -2.87. The third kappa shape index (κ3) is 4.12. The van der Waals surface area contributed by atoms with Crippen LogP contribution in [-0.4, -0.2) is 11.4 Å². The first-order valence-electron chi connectivity index (χ1n) is 9.38. The first-order valence-corrected chi connectivity index (χ1v) is 11.2. The monoisotopic (exact) mass is 375 g/mol. The Hall–Kier alpha value is -2.44. The van der Waals surface area contributed by atoms with Gasteiger partial charge in [0, 0.05) is 16.3 Å². The molecule has 138 valence electrons. The molecule has 1 atom stereocenters. The van der Waals surface area contributed by atoms with E-state index >= 15 is 0 Å². The summed E-state index contributed by atoms with van der Waals surface area (Å²) < 4.78 is 14.6. The molecule has 0 aliphatic heterocycles. The second-order valence-electron chi connectivity index (χ2n) is 6.84. The molecule has 27 heavy (non-hydrogen) atoms. The van der Waals surface area contributed by atoms with Gasteiger partial charge in [-0.15, -0.1) is 0 Å². The van der Waals surface area contributed by atoms with Crippen molar-refractivity contribution in [3.8, 4) is 0 Å². The lowest BCUT2D eigenvalue weighted by Gasteiger charge is -2.28. The van der Waals surface area contributed by atoms with Crippen LogP contribution in [0.5, 0.6) is 0 Å². The van der Waals surface area contributed by atoms with E-state index in [0.29, 0.717) is 0 Å². The third-order valence-corrected chi connectivity index (χ3v) is 8.67. The molecule has 0 radical (unpaired) electrons. The molecule has 2 nitrogen and oxygen atoms in total. The SMILES string of the molecule is CCC(C(C)=Nc1ccc(C)cc1)P(=O)(c1ccccc1)c1ccccc1. The molecule has 0 fully saturated rings. The highest BCUT2D eigenvalue weighted by molar-refractivity contribution is 7.80. The molecule has 0 heterocycles. The van der Waals surface area contributed by atoms with Crippen LogP contribution >= 0.6 is 7.14 Å². The minimum absolute atomic E-state index is 0.136. The highest BCUT2D eigenvalue weighted by atomic mass is 31.2. The quantitative estimate of drug-likeness (QED) is 0.391. The van der Waals surface area contributed by atoms with Crippen molar-refractivity contribution in [1.82, 2.24) is 0 Å². The van der Waals surface area contributed by atoms with Crippen LogP contribution in [0.25, 0.3) is 0 Å². The van der Waals surface area contributed by atoms with Crippen LogP contribution in [0.4, 0.5) is 5.69 Å². The lowest BCUT2D eigenvalue weighted by molar-refractivity contribution is 0.582. The smallest absolute Gasteiger partial charge is 0.151 e. The molecule has 0 saturated carbocycles. The molecule has 3 aromatic carbocycles. The predicted molar refractivity (Wildman–Crippen MR) is 118 cm³/mol. The normalized spacial score (nSPS) is 13.4. The summed E-state index contributed by atoms with van der Waals surface area (Å²) in [5, 5.41) is 1.78. The Bertz CT molecular complexity index is 903. The van der Waals surface area contributed by atoms with Crippen molar-refractivity contribution in [3.63, 3.8) is 0 Å². The van der Waals surface area contributed by atoms with Crippen molar-refractivity contribution < 1.29 is 4.57 Å². The van der Waals surface area contributed by atoms with E-state index in [1.54, 1.807) is 0 Å². The van der Waals surface area contributed by atoms with Gasteiger partial charge in [-0.1, -0.05) is 85.3 Å². The van der Waals surface area contributed by atoms with Crippen molar-refractivity contribution in [2.24, 2.45) is 4.99 Å². The minimum Gasteiger partial charge on any atom is -0.313 e. The number of aryl methyl sites for hydroxylation is 1. The number of rotatable bonds is 6. The van der Waals surface area contributed by atoms with E-state index in [1.165, 1.54) is 5.56 Å². The Labute approximate surface area is 162 Å². The summed E-state index contributed by atoms with van der Waals surface area (Å²) in [7, 11) is -2.87. The van der Waals surface area contributed by atoms with Gasteiger partial charge in [-0.3, -0.25) is 4.99 Å². The lowest BCUT2D eigenvalue weighted by atomic mass is 10.2. The molecule has 0 bridgehead atoms. The molecule has 0 aliphatic rings. The number of hydrogen-bond acceptors (Lipinski definition) is 2. The van der Waals surface area contributed by atoms with Crippen LogP contribution in [-0.2, 0) is 4.57 Å². The largest absolute Gasteiger partial charge is 0.313 e. The predicted octanol–water partition coefficient (Wildman–Crippen LogP) is 5.88. The van der Waals surface area contributed by atoms with E-state index < -0.39 is 7.14 Å². The topological polar surface area (TPSA) is 29.4 Å². The number of hydrogen-bond donors (Lipinski definition) is 0. The number of aliphatic imine (C=N–C) groups is 1. The standard InChI is InChI=1S/C24H26NOP/c1-4-24(20(3)25-21-17-15-19(2)16-18-21)27(26,22-11-7-5-8-12-22)23-13-9-6-10-14-23/h5-18,24H,4H2,1-3H3. The third-order valence-electron chi connectivity index (χ3n) is 4.93. The Kier molecular flexibility index (Phi) is 6.08. The van der Waals surface area contributed by atoms with Crippen LogP contribution in [0.2, 0.25) is 0 Å². The molecule has 0 aromatic heterocycles. The number of nitrogens with zero attached hydrogens (tertiary/aromatic N) is 1. The lowest BCUT2D eigenvalue weighted by Crippen LogP contribution is -2.30. The second kappa shape index (κ2) is 8.50. The molecule has 3 rings (SSSR count). The summed E-state index contributed by atoms with van der Waals surface area (Å²) in [5.41, 5.74) is 2.89. The van der Waals surface area contributed by atoms with Gasteiger partial charge >= 0.3 is 0 Å². The fourth-order valence-corrected chi connectivity index (χ4v) is 6.87. The van der Waals surface area contributed by atoms with Crippen LogP contribution in [0, 0.1) is 6.92 Å². The molecular weight excluding hydrogens is 349 g/mol. The van der Waals surface area contributed by atoms with E-state index in [9.17, 15) is 4.57 Å². The zero-order chi connectivity index (χ0) is 19.3. The van der Waals surface area contributed by atoms with Gasteiger partial charge in [-0.05, 0) is 32.4 Å². The zero-order valence-corrected chi connectivity index (χ0v) is 17.1. The van der Waals surface area contributed by atoms with Crippen molar-refractivity contribution in [3.05, 3.63) is 90.5 Å². The molecule has 1 unspecified atom stereocenters. The van der Waals surface area contributed by atoms with Crippen LogP contribution in [0.15, 0.2) is 89.9 Å². The van der Waals surface area contributed by atoms with E-state index in [4.69, 9.17) is 4.99 Å². The summed E-state index contributed by atoms with van der Waals surface area (Å²) in [5.74, 6) is 0. The molecule has 0 amide bonds. The van der Waals surface area contributed by atoms with Crippen LogP contribution in [0.1, 0.15) is 25.8 Å². The molecule has 0 aliphatic carbocycles. The molecular formula is C24H26NOP. The van der Waals surface area contributed by atoms with E-state index in [0.717, 1.165) is 28.4 Å².